The van der Waals surface area contributed by atoms with Gasteiger partial charge in [0.15, 0.2) is 5.78 Å². The summed E-state index contributed by atoms with van der Waals surface area (Å²) < 4.78 is 5.48. The largest absolute Gasteiger partial charge is 0.493 e. The van der Waals surface area contributed by atoms with Crippen LogP contribution in [0, 0.1) is 0 Å². The summed E-state index contributed by atoms with van der Waals surface area (Å²) in [4.78, 5) is 11.5. The Morgan fingerprint density at radius 3 is 3.14 bits per heavy atom. The normalized spacial score (nSPS) is 14.4. The maximum absolute atomic E-state index is 11.5. The molecular formula is C12H14O2. The molecule has 1 aromatic rings. The van der Waals surface area contributed by atoms with Crippen LogP contribution in [0.2, 0.25) is 0 Å². The Kier molecular flexibility index (Phi) is 2.53. The van der Waals surface area contributed by atoms with Gasteiger partial charge in [0.25, 0.3) is 0 Å². The van der Waals surface area contributed by atoms with Crippen molar-refractivity contribution in [2.75, 3.05) is 6.61 Å². The van der Waals surface area contributed by atoms with Crippen molar-refractivity contribution in [3.8, 4) is 5.75 Å². The Morgan fingerprint density at radius 2 is 2.36 bits per heavy atom. The molecule has 0 N–H and O–H groups in total. The van der Waals surface area contributed by atoms with Crippen molar-refractivity contribution in [2.45, 2.75) is 26.2 Å². The molecule has 0 fully saturated rings. The van der Waals surface area contributed by atoms with Crippen molar-refractivity contribution in [2.24, 2.45) is 0 Å². The summed E-state index contributed by atoms with van der Waals surface area (Å²) in [5, 5.41) is 0. The zero-order chi connectivity index (χ0) is 9.97. The van der Waals surface area contributed by atoms with Crippen LogP contribution in [0.25, 0.3) is 0 Å². The molecule has 2 rings (SSSR count). The van der Waals surface area contributed by atoms with Crippen LogP contribution in [0.3, 0.4) is 0 Å². The quantitative estimate of drug-likeness (QED) is 0.670. The number of benzene rings is 1. The van der Waals surface area contributed by atoms with Gasteiger partial charge in [-0.25, -0.2) is 0 Å². The van der Waals surface area contributed by atoms with E-state index < -0.39 is 0 Å². The molecule has 0 aliphatic carbocycles. The molecule has 1 aromatic carbocycles. The Hall–Kier alpha value is -1.31. The zero-order valence-corrected chi connectivity index (χ0v) is 8.38. The second-order valence-electron chi connectivity index (χ2n) is 3.55. The smallest absolute Gasteiger partial charge is 0.162 e. The minimum Gasteiger partial charge on any atom is -0.493 e. The number of ether oxygens (including phenoxy) is 1. The highest BCUT2D eigenvalue weighted by Crippen LogP contribution is 2.25. The van der Waals surface area contributed by atoms with E-state index in [4.69, 9.17) is 4.74 Å². The number of ketones is 1. The van der Waals surface area contributed by atoms with Gasteiger partial charge in [0.1, 0.15) is 5.75 Å². The van der Waals surface area contributed by atoms with E-state index in [1.807, 2.05) is 25.1 Å². The van der Waals surface area contributed by atoms with E-state index in [1.54, 1.807) is 0 Å². The van der Waals surface area contributed by atoms with Gasteiger partial charge in [-0.1, -0.05) is 6.92 Å². The number of hydrogen-bond donors (Lipinski definition) is 0. The van der Waals surface area contributed by atoms with Crippen LogP contribution in [0.1, 0.15) is 35.7 Å². The lowest BCUT2D eigenvalue weighted by Gasteiger charge is -2.17. The highest BCUT2D eigenvalue weighted by molar-refractivity contribution is 5.96. The average Bonchev–Trinajstić information content (AvgIpc) is 2.27. The molecule has 1 heterocycles. The predicted octanol–water partition coefficient (Wildman–Crippen LogP) is 2.60. The van der Waals surface area contributed by atoms with Gasteiger partial charge < -0.3 is 4.74 Å². The summed E-state index contributed by atoms with van der Waals surface area (Å²) in [6.07, 6.45) is 2.65. The van der Waals surface area contributed by atoms with Gasteiger partial charge in [0.2, 0.25) is 0 Å². The van der Waals surface area contributed by atoms with E-state index in [1.165, 1.54) is 5.56 Å². The summed E-state index contributed by atoms with van der Waals surface area (Å²) in [5.74, 6) is 1.15. The molecule has 0 amide bonds. The van der Waals surface area contributed by atoms with Crippen LogP contribution in [0.5, 0.6) is 5.75 Å². The minimum atomic E-state index is 0.207. The fraction of sp³-hybridized carbons (Fsp3) is 0.417. The van der Waals surface area contributed by atoms with Crippen molar-refractivity contribution in [1.82, 2.24) is 0 Å². The molecule has 1 aliphatic heterocycles. The number of fused-ring (bicyclic) bond motifs is 1. The number of aryl methyl sites for hydroxylation is 1. The van der Waals surface area contributed by atoms with E-state index in [2.05, 4.69) is 0 Å². The molecule has 0 saturated heterocycles. The Morgan fingerprint density at radius 1 is 1.50 bits per heavy atom. The first-order valence-corrected chi connectivity index (χ1v) is 5.10. The van der Waals surface area contributed by atoms with Crippen molar-refractivity contribution < 1.29 is 9.53 Å². The first-order chi connectivity index (χ1) is 6.81. The lowest BCUT2D eigenvalue weighted by molar-refractivity contribution is 0.0988. The SMILES string of the molecule is CCC(=O)c1ccc2c(c1)CCCO2. The van der Waals surface area contributed by atoms with Gasteiger partial charge in [-0.2, -0.15) is 0 Å². The van der Waals surface area contributed by atoms with Gasteiger partial charge in [0, 0.05) is 12.0 Å². The lowest BCUT2D eigenvalue weighted by Crippen LogP contribution is -2.09. The van der Waals surface area contributed by atoms with Gasteiger partial charge in [-0.3, -0.25) is 4.79 Å². The summed E-state index contributed by atoms with van der Waals surface area (Å²) in [6, 6.07) is 5.74. The van der Waals surface area contributed by atoms with Crippen LogP contribution in [-0.2, 0) is 6.42 Å². The predicted molar refractivity (Wildman–Crippen MR) is 54.9 cm³/mol. The fourth-order valence-corrected chi connectivity index (χ4v) is 1.74. The van der Waals surface area contributed by atoms with Crippen LogP contribution in [0.4, 0.5) is 0 Å². The lowest BCUT2D eigenvalue weighted by atomic mass is 10.0. The fourth-order valence-electron chi connectivity index (χ4n) is 1.74. The molecule has 0 saturated carbocycles. The highest BCUT2D eigenvalue weighted by atomic mass is 16.5. The molecule has 0 bridgehead atoms. The van der Waals surface area contributed by atoms with Crippen LogP contribution in [0.15, 0.2) is 18.2 Å². The summed E-state index contributed by atoms with van der Waals surface area (Å²) in [6.45, 7) is 2.69. The Balaban J connectivity index is 2.33. The van der Waals surface area contributed by atoms with E-state index in [-0.39, 0.29) is 5.78 Å². The third-order valence-corrected chi connectivity index (χ3v) is 2.55. The van der Waals surface area contributed by atoms with Gasteiger partial charge in [-0.15, -0.1) is 0 Å². The average molecular weight is 190 g/mol. The molecule has 0 aromatic heterocycles. The second kappa shape index (κ2) is 3.82. The minimum absolute atomic E-state index is 0.207. The van der Waals surface area contributed by atoms with Crippen LogP contribution >= 0.6 is 0 Å². The Bertz CT molecular complexity index is 355. The van der Waals surface area contributed by atoms with Crippen LogP contribution < -0.4 is 4.74 Å². The van der Waals surface area contributed by atoms with Crippen molar-refractivity contribution >= 4 is 5.78 Å². The highest BCUT2D eigenvalue weighted by Gasteiger charge is 2.12. The topological polar surface area (TPSA) is 26.3 Å². The molecule has 0 spiro atoms. The van der Waals surface area contributed by atoms with Gasteiger partial charge in [-0.05, 0) is 36.6 Å². The third kappa shape index (κ3) is 1.65. The number of carbonyl (C=O) groups is 1. The number of carbonyl (C=O) groups excluding carboxylic acids is 1. The molecule has 0 atom stereocenters. The molecule has 1 aliphatic rings. The first kappa shape index (κ1) is 9.25. The number of Topliss-reactive ketones (excluding diaryl/α,β-unsaturated/α-hetero) is 1. The van der Waals surface area contributed by atoms with Crippen molar-refractivity contribution in [3.05, 3.63) is 29.3 Å². The molecular weight excluding hydrogens is 176 g/mol. The summed E-state index contributed by atoms with van der Waals surface area (Å²) in [5.41, 5.74) is 1.99. The standard InChI is InChI=1S/C12H14O2/c1-2-11(13)9-5-6-12-10(8-9)4-3-7-14-12/h5-6,8H,2-4,7H2,1H3. The molecule has 0 unspecified atom stereocenters. The molecule has 14 heavy (non-hydrogen) atoms. The number of rotatable bonds is 2. The van der Waals surface area contributed by atoms with E-state index in [0.717, 1.165) is 30.8 Å². The van der Waals surface area contributed by atoms with Crippen molar-refractivity contribution in [3.63, 3.8) is 0 Å². The summed E-state index contributed by atoms with van der Waals surface area (Å²) >= 11 is 0. The number of hydrogen-bond acceptors (Lipinski definition) is 2. The zero-order valence-electron chi connectivity index (χ0n) is 8.38. The monoisotopic (exact) mass is 190 g/mol. The molecule has 2 heteroatoms. The van der Waals surface area contributed by atoms with E-state index in [0.29, 0.717) is 6.42 Å². The first-order valence-electron chi connectivity index (χ1n) is 5.10. The van der Waals surface area contributed by atoms with E-state index in [9.17, 15) is 4.79 Å². The maximum atomic E-state index is 11.5. The van der Waals surface area contributed by atoms with Gasteiger partial charge in [0.05, 0.1) is 6.61 Å². The van der Waals surface area contributed by atoms with Crippen molar-refractivity contribution in [1.29, 1.82) is 0 Å². The van der Waals surface area contributed by atoms with Gasteiger partial charge >= 0.3 is 0 Å². The third-order valence-electron chi connectivity index (χ3n) is 2.55. The Labute approximate surface area is 83.9 Å². The second-order valence-corrected chi connectivity index (χ2v) is 3.55. The summed E-state index contributed by atoms with van der Waals surface area (Å²) in [7, 11) is 0. The molecule has 2 nitrogen and oxygen atoms in total. The molecule has 0 radical (unpaired) electrons. The van der Waals surface area contributed by atoms with Crippen LogP contribution in [-0.4, -0.2) is 12.4 Å². The maximum Gasteiger partial charge on any atom is 0.162 e. The van der Waals surface area contributed by atoms with E-state index >= 15 is 0 Å². The molecule has 74 valence electrons.